The Morgan fingerprint density at radius 2 is 2.33 bits per heavy atom. The molecule has 110 valence electrons. The van der Waals surface area contributed by atoms with Crippen LogP contribution < -0.4 is 16.7 Å². The molecule has 0 aliphatic heterocycles. The number of nitrogens with two attached hydrogens (primary N) is 1. The zero-order chi connectivity index (χ0) is 15.0. The summed E-state index contributed by atoms with van der Waals surface area (Å²) < 4.78 is 1.61. The highest BCUT2D eigenvalue weighted by Gasteiger charge is 2.08. The standard InChI is InChI=1S/C14H17N5OS/c1-8(15)6-16-13-17-7-12(21-13)9-3-4-10-11(5-9)19(2)14(20)18-10/h3-5,7-8H,6,15H2,1-2H3,(H,16,17)(H,18,20). The van der Waals surface area contributed by atoms with Gasteiger partial charge in [-0.15, -0.1) is 0 Å². The second-order valence-electron chi connectivity index (χ2n) is 5.11. The molecule has 4 N–H and O–H groups in total. The number of aromatic amines is 1. The highest BCUT2D eigenvalue weighted by Crippen LogP contribution is 2.30. The molecule has 3 aromatic rings. The Bertz CT molecular complexity index is 829. The summed E-state index contributed by atoms with van der Waals surface area (Å²) >= 11 is 1.57. The predicted octanol–water partition coefficient (Wildman–Crippen LogP) is 1.75. The summed E-state index contributed by atoms with van der Waals surface area (Å²) in [5, 5.41) is 4.06. The SMILES string of the molecule is CC(N)CNc1ncc(-c2ccc3[nH]c(=O)n(C)c3c2)s1. The van der Waals surface area contributed by atoms with Crippen LogP contribution in [0.2, 0.25) is 0 Å². The predicted molar refractivity (Wildman–Crippen MR) is 86.8 cm³/mol. The maximum Gasteiger partial charge on any atom is 0.326 e. The van der Waals surface area contributed by atoms with Crippen LogP contribution in [-0.4, -0.2) is 27.1 Å². The molecular weight excluding hydrogens is 286 g/mol. The molecule has 1 unspecified atom stereocenters. The quantitative estimate of drug-likeness (QED) is 0.685. The fourth-order valence-electron chi connectivity index (χ4n) is 2.11. The molecule has 3 rings (SSSR count). The number of benzene rings is 1. The maximum absolute atomic E-state index is 11.6. The van der Waals surface area contributed by atoms with Gasteiger partial charge in [-0.05, 0) is 24.6 Å². The van der Waals surface area contributed by atoms with Gasteiger partial charge in [0.25, 0.3) is 0 Å². The summed E-state index contributed by atoms with van der Waals surface area (Å²) in [6.07, 6.45) is 1.83. The molecule has 21 heavy (non-hydrogen) atoms. The average molecular weight is 303 g/mol. The van der Waals surface area contributed by atoms with Gasteiger partial charge in [-0.2, -0.15) is 0 Å². The van der Waals surface area contributed by atoms with Gasteiger partial charge in [0.05, 0.1) is 15.9 Å². The van der Waals surface area contributed by atoms with Crippen LogP contribution in [0.1, 0.15) is 6.92 Å². The molecule has 2 aromatic heterocycles. The lowest BCUT2D eigenvalue weighted by atomic mass is 10.2. The molecular formula is C14H17N5OS. The van der Waals surface area contributed by atoms with Crippen LogP contribution in [0.3, 0.4) is 0 Å². The van der Waals surface area contributed by atoms with Crippen molar-refractivity contribution in [2.24, 2.45) is 12.8 Å². The number of H-pyrrole nitrogens is 1. The lowest BCUT2D eigenvalue weighted by molar-refractivity contribution is 0.779. The third-order valence-corrected chi connectivity index (χ3v) is 4.27. The van der Waals surface area contributed by atoms with Crippen molar-refractivity contribution in [3.63, 3.8) is 0 Å². The molecule has 2 heterocycles. The first kappa shape index (κ1) is 13.8. The van der Waals surface area contributed by atoms with Crippen molar-refractivity contribution in [3.05, 3.63) is 34.9 Å². The van der Waals surface area contributed by atoms with Crippen LogP contribution in [0.4, 0.5) is 5.13 Å². The molecule has 1 atom stereocenters. The number of aromatic nitrogens is 3. The smallest absolute Gasteiger partial charge is 0.326 e. The number of hydrogen-bond acceptors (Lipinski definition) is 5. The number of nitrogens with zero attached hydrogens (tertiary/aromatic N) is 2. The average Bonchev–Trinajstić information content (AvgIpc) is 3.03. The van der Waals surface area contributed by atoms with E-state index < -0.39 is 0 Å². The van der Waals surface area contributed by atoms with Crippen LogP contribution in [0.15, 0.2) is 29.2 Å². The van der Waals surface area contributed by atoms with Crippen molar-refractivity contribution in [1.82, 2.24) is 14.5 Å². The Balaban J connectivity index is 1.93. The Morgan fingerprint density at radius 3 is 3.10 bits per heavy atom. The third-order valence-electron chi connectivity index (χ3n) is 3.27. The first-order valence-electron chi connectivity index (χ1n) is 6.69. The van der Waals surface area contributed by atoms with Crippen molar-refractivity contribution in [2.75, 3.05) is 11.9 Å². The maximum atomic E-state index is 11.6. The van der Waals surface area contributed by atoms with E-state index in [1.807, 2.05) is 31.3 Å². The highest BCUT2D eigenvalue weighted by atomic mass is 32.1. The van der Waals surface area contributed by atoms with E-state index in [2.05, 4.69) is 15.3 Å². The van der Waals surface area contributed by atoms with E-state index in [0.29, 0.717) is 6.54 Å². The van der Waals surface area contributed by atoms with Crippen LogP contribution in [0, 0.1) is 0 Å². The molecule has 0 amide bonds. The normalized spacial score (nSPS) is 12.7. The van der Waals surface area contributed by atoms with Crippen molar-refractivity contribution < 1.29 is 0 Å². The zero-order valence-corrected chi connectivity index (χ0v) is 12.7. The van der Waals surface area contributed by atoms with Gasteiger partial charge in [-0.25, -0.2) is 9.78 Å². The molecule has 1 aromatic carbocycles. The summed E-state index contributed by atoms with van der Waals surface area (Å²) in [5.74, 6) is 0. The van der Waals surface area contributed by atoms with Crippen LogP contribution in [0.5, 0.6) is 0 Å². The van der Waals surface area contributed by atoms with Crippen LogP contribution in [-0.2, 0) is 7.05 Å². The summed E-state index contributed by atoms with van der Waals surface area (Å²) in [6.45, 7) is 2.64. The molecule has 0 saturated heterocycles. The topological polar surface area (TPSA) is 88.7 Å². The van der Waals surface area contributed by atoms with Crippen LogP contribution in [0.25, 0.3) is 21.5 Å². The summed E-state index contributed by atoms with van der Waals surface area (Å²) in [7, 11) is 1.76. The molecule has 6 nitrogen and oxygen atoms in total. The van der Waals surface area contributed by atoms with Crippen molar-refractivity contribution >= 4 is 27.5 Å². The largest absolute Gasteiger partial charge is 0.360 e. The Hall–Kier alpha value is -2.12. The molecule has 0 aliphatic carbocycles. The van der Waals surface area contributed by atoms with E-state index in [4.69, 9.17) is 5.73 Å². The monoisotopic (exact) mass is 303 g/mol. The number of hydrogen-bond donors (Lipinski definition) is 3. The lowest BCUT2D eigenvalue weighted by Crippen LogP contribution is -2.25. The molecule has 0 fully saturated rings. The van der Waals surface area contributed by atoms with Gasteiger partial charge in [0.15, 0.2) is 5.13 Å². The molecule has 0 aliphatic rings. The number of imidazole rings is 1. The van der Waals surface area contributed by atoms with Gasteiger partial charge >= 0.3 is 5.69 Å². The summed E-state index contributed by atoms with van der Waals surface area (Å²) in [5.41, 5.74) is 8.38. The van der Waals surface area contributed by atoms with Gasteiger partial charge in [0, 0.05) is 25.8 Å². The Labute approximate surface area is 125 Å². The minimum Gasteiger partial charge on any atom is -0.360 e. The van der Waals surface area contributed by atoms with E-state index in [1.165, 1.54) is 0 Å². The van der Waals surface area contributed by atoms with E-state index in [0.717, 1.165) is 26.6 Å². The zero-order valence-electron chi connectivity index (χ0n) is 11.9. The summed E-state index contributed by atoms with van der Waals surface area (Å²) in [6, 6.07) is 5.99. The fraction of sp³-hybridized carbons (Fsp3) is 0.286. The second kappa shape index (κ2) is 5.34. The molecule has 0 spiro atoms. The highest BCUT2D eigenvalue weighted by molar-refractivity contribution is 7.18. The number of aryl methyl sites for hydroxylation is 1. The molecule has 0 bridgehead atoms. The Kier molecular flexibility index (Phi) is 3.52. The van der Waals surface area contributed by atoms with Gasteiger partial charge < -0.3 is 16.0 Å². The third kappa shape index (κ3) is 2.70. The van der Waals surface area contributed by atoms with Crippen molar-refractivity contribution in [1.29, 1.82) is 0 Å². The first-order valence-corrected chi connectivity index (χ1v) is 7.50. The van der Waals surface area contributed by atoms with Gasteiger partial charge in [-0.1, -0.05) is 17.4 Å². The molecule has 0 radical (unpaired) electrons. The fourth-order valence-corrected chi connectivity index (χ4v) is 2.93. The van der Waals surface area contributed by atoms with Gasteiger partial charge in [-0.3, -0.25) is 4.57 Å². The van der Waals surface area contributed by atoms with Crippen LogP contribution >= 0.6 is 11.3 Å². The molecule has 0 saturated carbocycles. The first-order chi connectivity index (χ1) is 10.0. The van der Waals surface area contributed by atoms with Gasteiger partial charge in [0.1, 0.15) is 0 Å². The molecule has 7 heteroatoms. The van der Waals surface area contributed by atoms with E-state index >= 15 is 0 Å². The number of fused-ring (bicyclic) bond motifs is 1. The minimum absolute atomic E-state index is 0.0862. The van der Waals surface area contributed by atoms with E-state index in [-0.39, 0.29) is 11.7 Å². The number of nitrogens with one attached hydrogen (secondary N) is 2. The van der Waals surface area contributed by atoms with Gasteiger partial charge in [0.2, 0.25) is 0 Å². The second-order valence-corrected chi connectivity index (χ2v) is 6.14. The lowest BCUT2D eigenvalue weighted by Gasteiger charge is -2.04. The minimum atomic E-state index is -0.106. The summed E-state index contributed by atoms with van der Waals surface area (Å²) in [4.78, 5) is 19.8. The van der Waals surface area contributed by atoms with Crippen molar-refractivity contribution in [2.45, 2.75) is 13.0 Å². The number of anilines is 1. The van der Waals surface area contributed by atoms with Crippen molar-refractivity contribution in [3.8, 4) is 10.4 Å². The van der Waals surface area contributed by atoms with E-state index in [9.17, 15) is 4.79 Å². The van der Waals surface area contributed by atoms with E-state index in [1.54, 1.807) is 23.0 Å². The Morgan fingerprint density at radius 1 is 1.52 bits per heavy atom. The number of thiazole rings is 1. The number of rotatable bonds is 4.